The van der Waals surface area contributed by atoms with Crippen molar-refractivity contribution >= 4 is 33.9 Å². The molecule has 8 nitrogen and oxygen atoms in total. The summed E-state index contributed by atoms with van der Waals surface area (Å²) in [5.74, 6) is -0.859. The fourth-order valence-electron chi connectivity index (χ4n) is 2.68. The maximum atomic E-state index is 12.4. The number of furan rings is 1. The highest BCUT2D eigenvalue weighted by Crippen LogP contribution is 2.16. The van der Waals surface area contributed by atoms with E-state index in [0.29, 0.717) is 16.3 Å². The first kappa shape index (κ1) is 18.6. The van der Waals surface area contributed by atoms with Gasteiger partial charge in [0.25, 0.3) is 11.5 Å². The second kappa shape index (κ2) is 7.72. The number of anilines is 1. The Kier molecular flexibility index (Phi) is 4.96. The van der Waals surface area contributed by atoms with Crippen molar-refractivity contribution in [1.82, 2.24) is 9.38 Å². The molecule has 0 aliphatic heterocycles. The molecule has 0 saturated heterocycles. The van der Waals surface area contributed by atoms with Gasteiger partial charge < -0.3 is 14.5 Å². The van der Waals surface area contributed by atoms with Crippen LogP contribution in [0.2, 0.25) is 0 Å². The average Bonchev–Trinajstić information content (AvgIpc) is 3.36. The van der Waals surface area contributed by atoms with E-state index in [1.54, 1.807) is 30.5 Å². The Labute approximate surface area is 168 Å². The van der Waals surface area contributed by atoms with Crippen molar-refractivity contribution in [1.29, 1.82) is 0 Å². The number of hydrogen-bond acceptors (Lipinski definition) is 7. The molecule has 4 rings (SSSR count). The summed E-state index contributed by atoms with van der Waals surface area (Å²) in [4.78, 5) is 42.4. The zero-order valence-corrected chi connectivity index (χ0v) is 16.1. The molecule has 146 valence electrons. The van der Waals surface area contributed by atoms with Crippen molar-refractivity contribution in [3.63, 3.8) is 0 Å². The number of benzene rings is 1. The Morgan fingerprint density at radius 1 is 1.24 bits per heavy atom. The summed E-state index contributed by atoms with van der Waals surface area (Å²) in [5.41, 5.74) is 0.820. The van der Waals surface area contributed by atoms with E-state index in [1.807, 2.05) is 6.92 Å². The number of fused-ring (bicyclic) bond motifs is 1. The molecule has 0 atom stereocenters. The van der Waals surface area contributed by atoms with Gasteiger partial charge in [-0.2, -0.15) is 0 Å². The van der Waals surface area contributed by atoms with Crippen molar-refractivity contribution < 1.29 is 18.7 Å². The lowest BCUT2D eigenvalue weighted by Gasteiger charge is -2.07. The lowest BCUT2D eigenvalue weighted by molar-refractivity contribution is 0.0467. The molecule has 1 N–H and O–H groups in total. The number of hydrogen-bond donors (Lipinski definition) is 1. The highest BCUT2D eigenvalue weighted by atomic mass is 32.1. The summed E-state index contributed by atoms with van der Waals surface area (Å²) in [7, 11) is 0. The number of aryl methyl sites for hydroxylation is 1. The summed E-state index contributed by atoms with van der Waals surface area (Å²) in [6, 6.07) is 10.8. The van der Waals surface area contributed by atoms with E-state index in [9.17, 15) is 14.4 Å². The van der Waals surface area contributed by atoms with Crippen LogP contribution in [0.3, 0.4) is 0 Å². The molecule has 0 saturated carbocycles. The minimum absolute atomic E-state index is 0.134. The van der Waals surface area contributed by atoms with Crippen LogP contribution in [0.25, 0.3) is 4.96 Å². The van der Waals surface area contributed by atoms with Crippen molar-refractivity contribution in [2.45, 2.75) is 13.5 Å². The minimum Gasteiger partial charge on any atom is -0.459 e. The molecule has 1 amide bonds. The fourth-order valence-corrected chi connectivity index (χ4v) is 3.53. The Balaban J connectivity index is 1.45. The van der Waals surface area contributed by atoms with Crippen molar-refractivity contribution in [3.05, 3.63) is 87.2 Å². The molecule has 0 unspecified atom stereocenters. The van der Waals surface area contributed by atoms with Crippen LogP contribution in [-0.2, 0) is 11.3 Å². The van der Waals surface area contributed by atoms with Crippen molar-refractivity contribution in [2.24, 2.45) is 0 Å². The van der Waals surface area contributed by atoms with E-state index >= 15 is 0 Å². The number of amides is 1. The van der Waals surface area contributed by atoms with Gasteiger partial charge in [-0.1, -0.05) is 6.07 Å². The normalized spacial score (nSPS) is 10.8. The fraction of sp³-hybridized carbons (Fsp3) is 0.100. The number of nitrogens with one attached hydrogen (secondary N) is 1. The summed E-state index contributed by atoms with van der Waals surface area (Å²) in [5, 5.41) is 2.65. The molecule has 1 aromatic carbocycles. The van der Waals surface area contributed by atoms with Gasteiger partial charge in [0, 0.05) is 22.8 Å². The molecule has 0 aliphatic rings. The van der Waals surface area contributed by atoms with Crippen LogP contribution < -0.4 is 10.9 Å². The molecule has 0 bridgehead atoms. The first-order valence-corrected chi connectivity index (χ1v) is 9.42. The van der Waals surface area contributed by atoms with Crippen LogP contribution >= 0.6 is 11.3 Å². The van der Waals surface area contributed by atoms with E-state index in [2.05, 4.69) is 10.3 Å². The third kappa shape index (κ3) is 4.09. The number of esters is 1. The Hall–Kier alpha value is -3.72. The largest absolute Gasteiger partial charge is 0.459 e. The molecule has 0 fully saturated rings. The summed E-state index contributed by atoms with van der Waals surface area (Å²) in [6.45, 7) is 1.75. The SMILES string of the molecule is Cc1cn2c(=O)cc(COC(=O)c3cccc(NC(=O)c4ccco4)c3)nc2s1. The van der Waals surface area contributed by atoms with E-state index in [-0.39, 0.29) is 23.5 Å². The molecule has 4 aromatic rings. The van der Waals surface area contributed by atoms with E-state index in [4.69, 9.17) is 9.15 Å². The second-order valence-corrected chi connectivity index (χ2v) is 7.38. The smallest absolute Gasteiger partial charge is 0.338 e. The predicted octanol–water partition coefficient (Wildman–Crippen LogP) is 3.27. The van der Waals surface area contributed by atoms with Crippen LogP contribution in [0.4, 0.5) is 5.69 Å². The maximum Gasteiger partial charge on any atom is 0.338 e. The van der Waals surface area contributed by atoms with Gasteiger partial charge in [0.15, 0.2) is 10.7 Å². The first-order chi connectivity index (χ1) is 14.0. The van der Waals surface area contributed by atoms with Crippen LogP contribution in [0, 0.1) is 6.92 Å². The van der Waals surface area contributed by atoms with Gasteiger partial charge in [0.05, 0.1) is 17.5 Å². The minimum atomic E-state index is -0.594. The molecule has 29 heavy (non-hydrogen) atoms. The molecule has 0 spiro atoms. The summed E-state index contributed by atoms with van der Waals surface area (Å²) in [6.07, 6.45) is 3.12. The number of thiazole rings is 1. The zero-order valence-electron chi connectivity index (χ0n) is 15.2. The van der Waals surface area contributed by atoms with E-state index < -0.39 is 11.9 Å². The van der Waals surface area contributed by atoms with E-state index in [0.717, 1.165) is 4.88 Å². The van der Waals surface area contributed by atoms with E-state index in [1.165, 1.54) is 40.2 Å². The van der Waals surface area contributed by atoms with Gasteiger partial charge in [-0.05, 0) is 37.3 Å². The molecular weight excluding hydrogens is 394 g/mol. The molecule has 3 aromatic heterocycles. The summed E-state index contributed by atoms with van der Waals surface area (Å²) >= 11 is 1.38. The first-order valence-electron chi connectivity index (χ1n) is 8.60. The predicted molar refractivity (Wildman–Crippen MR) is 106 cm³/mol. The van der Waals surface area contributed by atoms with Crippen LogP contribution in [-0.4, -0.2) is 21.3 Å². The molecular formula is C20H15N3O5S. The molecule has 3 heterocycles. The quantitative estimate of drug-likeness (QED) is 0.508. The lowest BCUT2D eigenvalue weighted by Crippen LogP contribution is -2.15. The van der Waals surface area contributed by atoms with Gasteiger partial charge in [-0.3, -0.25) is 14.0 Å². The lowest BCUT2D eigenvalue weighted by atomic mass is 10.2. The Bertz CT molecular complexity index is 1260. The number of nitrogens with zero attached hydrogens (tertiary/aromatic N) is 2. The van der Waals surface area contributed by atoms with Gasteiger partial charge in [-0.25, -0.2) is 9.78 Å². The highest BCUT2D eigenvalue weighted by molar-refractivity contribution is 7.16. The van der Waals surface area contributed by atoms with Gasteiger partial charge in [-0.15, -0.1) is 11.3 Å². The van der Waals surface area contributed by atoms with Crippen molar-refractivity contribution in [3.8, 4) is 0 Å². The highest BCUT2D eigenvalue weighted by Gasteiger charge is 2.13. The van der Waals surface area contributed by atoms with Gasteiger partial charge in [0.1, 0.15) is 6.61 Å². The Morgan fingerprint density at radius 2 is 2.10 bits per heavy atom. The standard InChI is InChI=1S/C20H15N3O5S/c1-12-10-23-17(24)9-15(22-20(23)29-12)11-28-19(26)13-4-2-5-14(8-13)21-18(25)16-6-3-7-27-16/h2-10H,11H2,1H3,(H,21,25). The molecule has 0 aliphatic carbocycles. The van der Waals surface area contributed by atoms with Crippen molar-refractivity contribution in [2.75, 3.05) is 5.32 Å². The van der Waals surface area contributed by atoms with Crippen LogP contribution in [0.5, 0.6) is 0 Å². The topological polar surface area (TPSA) is 103 Å². The van der Waals surface area contributed by atoms with Gasteiger partial charge >= 0.3 is 5.97 Å². The number of aromatic nitrogens is 2. The molecule has 0 radical (unpaired) electrons. The average molecular weight is 409 g/mol. The zero-order chi connectivity index (χ0) is 20.4. The Morgan fingerprint density at radius 3 is 2.90 bits per heavy atom. The second-order valence-electron chi connectivity index (χ2n) is 6.17. The maximum absolute atomic E-state index is 12.4. The number of carbonyl (C=O) groups excluding carboxylic acids is 2. The number of ether oxygens (including phenoxy) is 1. The third-order valence-corrected chi connectivity index (χ3v) is 4.89. The number of rotatable bonds is 5. The van der Waals surface area contributed by atoms with Crippen LogP contribution in [0.1, 0.15) is 31.5 Å². The molecule has 9 heteroatoms. The third-order valence-electron chi connectivity index (χ3n) is 3.99. The van der Waals surface area contributed by atoms with Gasteiger partial charge in [0.2, 0.25) is 0 Å². The van der Waals surface area contributed by atoms with Crippen LogP contribution in [0.15, 0.2) is 64.1 Å². The summed E-state index contributed by atoms with van der Waals surface area (Å²) < 4.78 is 11.8. The monoisotopic (exact) mass is 409 g/mol. The number of carbonyl (C=O) groups is 2.